The quantitative estimate of drug-likeness (QED) is 0.261. The van der Waals surface area contributed by atoms with Gasteiger partial charge in [-0.25, -0.2) is 9.59 Å². The molecule has 38 heavy (non-hydrogen) atoms. The van der Waals surface area contributed by atoms with E-state index in [4.69, 9.17) is 21.1 Å². The van der Waals surface area contributed by atoms with Crippen LogP contribution >= 0.6 is 11.6 Å². The highest BCUT2D eigenvalue weighted by molar-refractivity contribution is 6.30. The largest absolute Gasteiger partial charge is 0.489 e. The average molecular weight is 528 g/mol. The third-order valence-electron chi connectivity index (χ3n) is 6.61. The van der Waals surface area contributed by atoms with Crippen molar-refractivity contribution in [2.75, 3.05) is 6.61 Å². The molecule has 1 aliphatic carbocycles. The van der Waals surface area contributed by atoms with E-state index in [9.17, 15) is 14.7 Å². The van der Waals surface area contributed by atoms with Gasteiger partial charge in [-0.3, -0.25) is 0 Å². The molecule has 192 valence electrons. The van der Waals surface area contributed by atoms with Crippen molar-refractivity contribution in [1.82, 2.24) is 5.32 Å². The number of carbonyl (C=O) groups is 2. The fourth-order valence-corrected chi connectivity index (χ4v) is 5.02. The molecule has 2 N–H and O–H groups in total. The first-order chi connectivity index (χ1) is 18.5. The van der Waals surface area contributed by atoms with Crippen LogP contribution < -0.4 is 10.1 Å². The van der Waals surface area contributed by atoms with Gasteiger partial charge in [0, 0.05) is 17.4 Å². The van der Waals surface area contributed by atoms with Crippen LogP contribution in [0.5, 0.6) is 5.75 Å². The van der Waals surface area contributed by atoms with Gasteiger partial charge in [-0.2, -0.15) is 0 Å². The fourth-order valence-electron chi connectivity index (χ4n) is 4.80. The molecule has 7 heteroatoms. The molecule has 0 fully saturated rings. The summed E-state index contributed by atoms with van der Waals surface area (Å²) >= 11 is 6.05. The second kappa shape index (κ2) is 11.4. The monoisotopic (exact) mass is 527 g/mol. The minimum Gasteiger partial charge on any atom is -0.489 e. The van der Waals surface area contributed by atoms with E-state index < -0.39 is 18.1 Å². The van der Waals surface area contributed by atoms with Crippen LogP contribution in [0.3, 0.4) is 0 Å². The van der Waals surface area contributed by atoms with Crippen LogP contribution in [-0.2, 0) is 22.6 Å². The molecule has 0 aliphatic heterocycles. The number of nitrogens with one attached hydrogen (secondary N) is 1. The Morgan fingerprint density at radius 3 is 2.21 bits per heavy atom. The number of ether oxygens (including phenoxy) is 2. The van der Waals surface area contributed by atoms with E-state index >= 15 is 0 Å². The zero-order valence-corrected chi connectivity index (χ0v) is 21.2. The Morgan fingerprint density at radius 1 is 0.868 bits per heavy atom. The second-order valence-corrected chi connectivity index (χ2v) is 9.53. The predicted molar refractivity (Wildman–Crippen MR) is 146 cm³/mol. The molecule has 0 radical (unpaired) electrons. The first-order valence-electron chi connectivity index (χ1n) is 12.3. The van der Waals surface area contributed by atoms with Crippen LogP contribution in [0.25, 0.3) is 11.1 Å². The van der Waals surface area contributed by atoms with Crippen LogP contribution in [0.15, 0.2) is 97.1 Å². The van der Waals surface area contributed by atoms with Crippen molar-refractivity contribution in [2.24, 2.45) is 0 Å². The Kier molecular flexibility index (Phi) is 7.61. The number of amides is 1. The number of carbonyl (C=O) groups excluding carboxylic acids is 1. The molecule has 1 amide bonds. The topological polar surface area (TPSA) is 84.9 Å². The van der Waals surface area contributed by atoms with Crippen molar-refractivity contribution < 1.29 is 24.2 Å². The molecule has 5 rings (SSSR count). The molecule has 0 saturated carbocycles. The number of halogens is 1. The normalized spacial score (nSPS) is 12.8. The maximum Gasteiger partial charge on any atom is 0.407 e. The molecule has 0 bridgehead atoms. The summed E-state index contributed by atoms with van der Waals surface area (Å²) in [7, 11) is 0. The highest BCUT2D eigenvalue weighted by atomic mass is 35.5. The van der Waals surface area contributed by atoms with Gasteiger partial charge in [0.2, 0.25) is 0 Å². The highest BCUT2D eigenvalue weighted by Crippen LogP contribution is 2.44. The van der Waals surface area contributed by atoms with Gasteiger partial charge in [-0.15, -0.1) is 0 Å². The van der Waals surface area contributed by atoms with Gasteiger partial charge in [0.1, 0.15) is 25.0 Å². The molecule has 0 spiro atoms. The highest BCUT2D eigenvalue weighted by Gasteiger charge is 2.30. The van der Waals surface area contributed by atoms with Crippen molar-refractivity contribution >= 4 is 23.7 Å². The van der Waals surface area contributed by atoms with E-state index in [-0.39, 0.29) is 25.6 Å². The van der Waals surface area contributed by atoms with Gasteiger partial charge >= 0.3 is 12.1 Å². The van der Waals surface area contributed by atoms with Crippen molar-refractivity contribution in [3.8, 4) is 16.9 Å². The Hall–Kier alpha value is -4.29. The summed E-state index contributed by atoms with van der Waals surface area (Å²) in [5.41, 5.74) is 5.95. The van der Waals surface area contributed by atoms with Gasteiger partial charge in [-0.1, -0.05) is 90.5 Å². The van der Waals surface area contributed by atoms with E-state index in [1.807, 2.05) is 60.7 Å². The van der Waals surface area contributed by atoms with Gasteiger partial charge < -0.3 is 19.9 Å². The summed E-state index contributed by atoms with van der Waals surface area (Å²) in [6, 6.07) is 29.4. The molecule has 4 aromatic carbocycles. The standard InChI is InChI=1S/C31H26ClNO5/c32-22-10-7-8-20(16-22)18-37-29-15-6-1-9-21(29)17-28(30(34)35)33-31(36)38-19-27-25-13-4-2-11-23(25)24-12-3-5-14-26(24)27/h1-16,27-28H,17-19H2,(H,33,36)(H,34,35). The maximum absolute atomic E-state index is 12.7. The summed E-state index contributed by atoms with van der Waals surface area (Å²) in [5.74, 6) is -0.742. The fraction of sp³-hybridized carbons (Fsp3) is 0.161. The molecule has 0 aromatic heterocycles. The number of benzene rings is 4. The minimum atomic E-state index is -1.19. The van der Waals surface area contributed by atoms with Crippen molar-refractivity contribution in [2.45, 2.75) is 25.0 Å². The smallest absolute Gasteiger partial charge is 0.407 e. The zero-order valence-electron chi connectivity index (χ0n) is 20.5. The molecule has 0 heterocycles. The Bertz CT molecular complexity index is 1420. The van der Waals surface area contributed by atoms with E-state index in [0.717, 1.165) is 27.8 Å². The van der Waals surface area contributed by atoms with E-state index in [0.29, 0.717) is 16.3 Å². The lowest BCUT2D eigenvalue weighted by Crippen LogP contribution is -2.43. The van der Waals surface area contributed by atoms with E-state index in [1.165, 1.54) is 0 Å². The van der Waals surface area contributed by atoms with Crippen LogP contribution in [0.2, 0.25) is 5.02 Å². The Labute approximate surface area is 225 Å². The third kappa shape index (κ3) is 5.66. The number of alkyl carbamates (subject to hydrolysis) is 1. The van der Waals surface area contributed by atoms with Gasteiger partial charge in [-0.05, 0) is 51.6 Å². The number of rotatable bonds is 9. The number of para-hydroxylation sites is 1. The van der Waals surface area contributed by atoms with Crippen LogP contribution in [-0.4, -0.2) is 29.8 Å². The molecular weight excluding hydrogens is 502 g/mol. The van der Waals surface area contributed by atoms with Crippen LogP contribution in [0.4, 0.5) is 4.79 Å². The van der Waals surface area contributed by atoms with Crippen molar-refractivity contribution in [3.05, 3.63) is 124 Å². The van der Waals surface area contributed by atoms with Crippen molar-refractivity contribution in [1.29, 1.82) is 0 Å². The lowest BCUT2D eigenvalue weighted by atomic mass is 9.98. The minimum absolute atomic E-state index is 0.0330. The van der Waals surface area contributed by atoms with Gasteiger partial charge in [0.15, 0.2) is 0 Å². The number of hydrogen-bond donors (Lipinski definition) is 2. The molecule has 4 aromatic rings. The predicted octanol–water partition coefficient (Wildman–Crippen LogP) is 6.45. The van der Waals surface area contributed by atoms with Crippen molar-refractivity contribution in [3.63, 3.8) is 0 Å². The van der Waals surface area contributed by atoms with Crippen LogP contribution in [0.1, 0.15) is 28.2 Å². The summed E-state index contributed by atoms with van der Waals surface area (Å²) in [6.45, 7) is 0.376. The lowest BCUT2D eigenvalue weighted by molar-refractivity contribution is -0.139. The first-order valence-corrected chi connectivity index (χ1v) is 12.7. The number of aliphatic carboxylic acids is 1. The second-order valence-electron chi connectivity index (χ2n) is 9.09. The third-order valence-corrected chi connectivity index (χ3v) is 6.85. The summed E-state index contributed by atoms with van der Waals surface area (Å²) in [6.07, 6.45) is -0.748. The zero-order chi connectivity index (χ0) is 26.5. The van der Waals surface area contributed by atoms with E-state index in [2.05, 4.69) is 17.4 Å². The molecule has 0 saturated heterocycles. The number of carboxylic acids is 1. The average Bonchev–Trinajstić information content (AvgIpc) is 3.24. The molecule has 1 unspecified atom stereocenters. The summed E-state index contributed by atoms with van der Waals surface area (Å²) < 4.78 is 11.5. The number of fused-ring (bicyclic) bond motifs is 3. The Morgan fingerprint density at radius 2 is 1.53 bits per heavy atom. The lowest BCUT2D eigenvalue weighted by Gasteiger charge is -2.19. The number of hydrogen-bond acceptors (Lipinski definition) is 4. The van der Waals surface area contributed by atoms with Crippen LogP contribution in [0, 0.1) is 0 Å². The first kappa shape index (κ1) is 25.4. The molecule has 6 nitrogen and oxygen atoms in total. The molecular formula is C31H26ClNO5. The Balaban J connectivity index is 1.23. The van der Waals surface area contributed by atoms with Gasteiger partial charge in [0.05, 0.1) is 0 Å². The SMILES string of the molecule is O=C(NC(Cc1ccccc1OCc1cccc(Cl)c1)C(=O)O)OCC1c2ccccc2-c2ccccc21. The summed E-state index contributed by atoms with van der Waals surface area (Å²) in [4.78, 5) is 24.7. The summed E-state index contributed by atoms with van der Waals surface area (Å²) in [5, 5.41) is 12.9. The number of carboxylic acid groups (broad SMARTS) is 1. The molecule has 1 atom stereocenters. The maximum atomic E-state index is 12.7. The van der Waals surface area contributed by atoms with E-state index in [1.54, 1.807) is 24.3 Å². The van der Waals surface area contributed by atoms with Gasteiger partial charge in [0.25, 0.3) is 0 Å². The molecule has 1 aliphatic rings.